The quantitative estimate of drug-likeness (QED) is 0.912. The number of nitrogens with zero attached hydrogens (tertiary/aromatic N) is 1. The zero-order valence-electron chi connectivity index (χ0n) is 12.7. The van der Waals surface area contributed by atoms with E-state index in [9.17, 15) is 9.90 Å². The number of aliphatic hydroxyl groups is 1. The van der Waals surface area contributed by atoms with Gasteiger partial charge in [-0.05, 0) is 24.3 Å². The fourth-order valence-electron chi connectivity index (χ4n) is 3.25. The highest BCUT2D eigenvalue weighted by Crippen LogP contribution is 2.30. The molecule has 1 aliphatic carbocycles. The van der Waals surface area contributed by atoms with E-state index < -0.39 is 5.60 Å². The lowest BCUT2D eigenvalue weighted by Crippen LogP contribution is -2.38. The Balaban J connectivity index is 1.63. The van der Waals surface area contributed by atoms with Gasteiger partial charge in [0, 0.05) is 11.6 Å². The third kappa shape index (κ3) is 3.45. The lowest BCUT2D eigenvalue weighted by atomic mass is 9.82. The number of pyridine rings is 1. The van der Waals surface area contributed by atoms with Crippen LogP contribution in [0.15, 0.2) is 36.5 Å². The number of hydrogen-bond donors (Lipinski definition) is 2. The molecule has 0 bridgehead atoms. The summed E-state index contributed by atoms with van der Waals surface area (Å²) in [5, 5.41) is 15.5. The van der Waals surface area contributed by atoms with Crippen LogP contribution in [0.25, 0.3) is 10.8 Å². The summed E-state index contributed by atoms with van der Waals surface area (Å²) in [4.78, 5) is 16.5. The third-order valence-electron chi connectivity index (χ3n) is 4.48. The molecule has 0 aliphatic heterocycles. The van der Waals surface area contributed by atoms with Gasteiger partial charge in [-0.3, -0.25) is 9.78 Å². The van der Waals surface area contributed by atoms with Gasteiger partial charge in [0.25, 0.3) is 0 Å². The summed E-state index contributed by atoms with van der Waals surface area (Å²) in [6, 6.07) is 9.97. The highest BCUT2D eigenvalue weighted by atomic mass is 16.3. The molecule has 1 aromatic carbocycles. The van der Waals surface area contributed by atoms with Crippen molar-refractivity contribution >= 4 is 16.7 Å². The highest BCUT2D eigenvalue weighted by molar-refractivity contribution is 5.85. The van der Waals surface area contributed by atoms with E-state index in [0.29, 0.717) is 6.54 Å². The van der Waals surface area contributed by atoms with Crippen molar-refractivity contribution in [3.05, 3.63) is 42.2 Å². The van der Waals surface area contributed by atoms with Crippen molar-refractivity contribution in [2.75, 3.05) is 0 Å². The molecular formula is C18H22N2O2. The summed E-state index contributed by atoms with van der Waals surface area (Å²) in [6.07, 6.45) is 6.59. The van der Waals surface area contributed by atoms with Gasteiger partial charge in [-0.15, -0.1) is 0 Å². The van der Waals surface area contributed by atoms with Gasteiger partial charge in [0.1, 0.15) is 0 Å². The summed E-state index contributed by atoms with van der Waals surface area (Å²) in [5.41, 5.74) is 0.0520. The average Bonchev–Trinajstić information content (AvgIpc) is 2.53. The second-order valence-corrected chi connectivity index (χ2v) is 6.22. The smallest absolute Gasteiger partial charge is 0.223 e. The summed E-state index contributed by atoms with van der Waals surface area (Å²) in [5.74, 6) is -0.0980. The van der Waals surface area contributed by atoms with Crippen LogP contribution in [-0.2, 0) is 11.3 Å². The van der Waals surface area contributed by atoms with E-state index in [0.717, 1.165) is 48.6 Å². The molecule has 0 radical (unpaired) electrons. The number of benzene rings is 1. The molecule has 0 unspecified atom stereocenters. The van der Waals surface area contributed by atoms with E-state index in [1.807, 2.05) is 30.3 Å². The first-order valence-electron chi connectivity index (χ1n) is 7.98. The van der Waals surface area contributed by atoms with Crippen molar-refractivity contribution in [2.24, 2.45) is 0 Å². The van der Waals surface area contributed by atoms with Crippen LogP contribution >= 0.6 is 0 Å². The second kappa shape index (κ2) is 6.44. The molecule has 116 valence electrons. The third-order valence-corrected chi connectivity index (χ3v) is 4.48. The Hall–Kier alpha value is -1.94. The van der Waals surface area contributed by atoms with Crippen molar-refractivity contribution in [1.82, 2.24) is 10.3 Å². The predicted octanol–water partition coefficient (Wildman–Crippen LogP) is 2.94. The Morgan fingerprint density at radius 2 is 1.95 bits per heavy atom. The minimum atomic E-state index is -0.811. The van der Waals surface area contributed by atoms with Gasteiger partial charge in [0.05, 0.1) is 24.3 Å². The maximum Gasteiger partial charge on any atom is 0.223 e. The number of aromatic nitrogens is 1. The zero-order chi connectivity index (χ0) is 15.4. The molecule has 1 amide bonds. The number of nitrogens with one attached hydrogen (secondary N) is 1. The molecule has 1 fully saturated rings. The average molecular weight is 298 g/mol. The maximum absolute atomic E-state index is 12.1. The van der Waals surface area contributed by atoms with Crippen LogP contribution in [0.3, 0.4) is 0 Å². The fourth-order valence-corrected chi connectivity index (χ4v) is 3.25. The Labute approximate surface area is 130 Å². The fraction of sp³-hybridized carbons (Fsp3) is 0.444. The summed E-state index contributed by atoms with van der Waals surface area (Å²) in [7, 11) is 0. The number of hydrogen-bond acceptors (Lipinski definition) is 3. The maximum atomic E-state index is 12.1. The van der Waals surface area contributed by atoms with Crippen LogP contribution in [-0.4, -0.2) is 21.6 Å². The molecule has 3 rings (SSSR count). The first-order valence-corrected chi connectivity index (χ1v) is 7.98. The van der Waals surface area contributed by atoms with Gasteiger partial charge in [0.2, 0.25) is 5.91 Å². The molecule has 0 atom stereocenters. The monoisotopic (exact) mass is 298 g/mol. The van der Waals surface area contributed by atoms with Crippen molar-refractivity contribution in [2.45, 2.75) is 50.7 Å². The molecular weight excluding hydrogens is 276 g/mol. The van der Waals surface area contributed by atoms with E-state index >= 15 is 0 Å². The molecule has 0 saturated heterocycles. The van der Waals surface area contributed by atoms with Crippen LogP contribution < -0.4 is 5.32 Å². The van der Waals surface area contributed by atoms with E-state index in [-0.39, 0.29) is 12.3 Å². The van der Waals surface area contributed by atoms with E-state index in [1.54, 1.807) is 6.20 Å². The van der Waals surface area contributed by atoms with Crippen LogP contribution in [0.4, 0.5) is 0 Å². The van der Waals surface area contributed by atoms with E-state index in [2.05, 4.69) is 10.3 Å². The van der Waals surface area contributed by atoms with Crippen molar-refractivity contribution < 1.29 is 9.90 Å². The minimum Gasteiger partial charge on any atom is -0.389 e. The number of amides is 1. The molecule has 2 N–H and O–H groups in total. The number of rotatable bonds is 4. The summed E-state index contributed by atoms with van der Waals surface area (Å²) in [6.45, 7) is 0.399. The van der Waals surface area contributed by atoms with Gasteiger partial charge in [-0.25, -0.2) is 0 Å². The first kappa shape index (κ1) is 15.0. The van der Waals surface area contributed by atoms with Gasteiger partial charge in [-0.2, -0.15) is 0 Å². The van der Waals surface area contributed by atoms with E-state index in [1.165, 1.54) is 0 Å². The summed E-state index contributed by atoms with van der Waals surface area (Å²) >= 11 is 0. The molecule has 0 spiro atoms. The molecule has 1 saturated carbocycles. The lowest BCUT2D eigenvalue weighted by molar-refractivity contribution is -0.127. The molecule has 22 heavy (non-hydrogen) atoms. The molecule has 1 aromatic heterocycles. The number of fused-ring (bicyclic) bond motifs is 1. The lowest BCUT2D eigenvalue weighted by Gasteiger charge is -2.31. The van der Waals surface area contributed by atoms with Crippen molar-refractivity contribution in [3.63, 3.8) is 0 Å². The minimum absolute atomic E-state index is 0.0980. The van der Waals surface area contributed by atoms with Gasteiger partial charge < -0.3 is 10.4 Å². The van der Waals surface area contributed by atoms with Crippen LogP contribution in [0.1, 0.15) is 44.2 Å². The first-order chi connectivity index (χ1) is 10.7. The standard InChI is InChI=1S/C18H22N2O2/c21-17(12-18(22)9-4-1-5-10-18)20-13-16-15-7-3-2-6-14(15)8-11-19-16/h2-3,6-8,11,22H,1,4-5,9-10,12-13H2,(H,20,21). The van der Waals surface area contributed by atoms with Crippen LogP contribution in [0, 0.1) is 0 Å². The Bertz CT molecular complexity index is 658. The Morgan fingerprint density at radius 3 is 2.77 bits per heavy atom. The Morgan fingerprint density at radius 1 is 1.18 bits per heavy atom. The van der Waals surface area contributed by atoms with Crippen LogP contribution in [0.5, 0.6) is 0 Å². The largest absolute Gasteiger partial charge is 0.389 e. The topological polar surface area (TPSA) is 62.2 Å². The molecule has 4 nitrogen and oxygen atoms in total. The normalized spacial score (nSPS) is 17.3. The second-order valence-electron chi connectivity index (χ2n) is 6.22. The van der Waals surface area contributed by atoms with Crippen molar-refractivity contribution in [3.8, 4) is 0 Å². The Kier molecular flexibility index (Phi) is 4.39. The van der Waals surface area contributed by atoms with E-state index in [4.69, 9.17) is 0 Å². The zero-order valence-corrected chi connectivity index (χ0v) is 12.7. The predicted molar refractivity (Wildman–Crippen MR) is 86.2 cm³/mol. The molecule has 4 heteroatoms. The molecule has 1 heterocycles. The van der Waals surface area contributed by atoms with Crippen LogP contribution in [0.2, 0.25) is 0 Å². The highest BCUT2D eigenvalue weighted by Gasteiger charge is 2.31. The number of carbonyl (C=O) groups is 1. The van der Waals surface area contributed by atoms with Gasteiger partial charge in [0.15, 0.2) is 0 Å². The van der Waals surface area contributed by atoms with Gasteiger partial charge in [-0.1, -0.05) is 43.5 Å². The number of carbonyl (C=O) groups excluding carboxylic acids is 1. The molecule has 2 aromatic rings. The van der Waals surface area contributed by atoms with Gasteiger partial charge >= 0.3 is 0 Å². The summed E-state index contributed by atoms with van der Waals surface area (Å²) < 4.78 is 0. The van der Waals surface area contributed by atoms with Crippen molar-refractivity contribution in [1.29, 1.82) is 0 Å². The SMILES string of the molecule is O=C(CC1(O)CCCCC1)NCc1nccc2ccccc12. The molecule has 1 aliphatic rings.